The van der Waals surface area contributed by atoms with Crippen LogP contribution in [0.5, 0.6) is 5.75 Å². The number of urea groups is 1. The normalized spacial score (nSPS) is 20.7. The Bertz CT molecular complexity index is 935. The maximum atomic E-state index is 12.5. The molecule has 1 saturated heterocycles. The summed E-state index contributed by atoms with van der Waals surface area (Å²) in [6.07, 6.45) is -1.21. The van der Waals surface area contributed by atoms with Crippen molar-refractivity contribution in [2.45, 2.75) is 12.1 Å². The lowest BCUT2D eigenvalue weighted by Gasteiger charge is -2.31. The summed E-state index contributed by atoms with van der Waals surface area (Å²) >= 11 is 0. The Hall–Kier alpha value is -3.10. The number of rotatable bonds is 7. The van der Waals surface area contributed by atoms with E-state index in [-0.39, 0.29) is 25.4 Å². The molecule has 13 nitrogen and oxygen atoms in total. The SMILES string of the molecule is NC(=O)C1c2ccc(OCCNC(=O)O)cc2C2CN1C(=O)N2OS(=O)(=O)O. The van der Waals surface area contributed by atoms with Crippen LogP contribution in [-0.2, 0) is 19.5 Å². The van der Waals surface area contributed by atoms with E-state index in [0.717, 1.165) is 4.90 Å². The van der Waals surface area contributed by atoms with Gasteiger partial charge in [0.15, 0.2) is 0 Å². The van der Waals surface area contributed by atoms with E-state index in [2.05, 4.69) is 9.60 Å². The number of hydrogen-bond acceptors (Lipinski definition) is 7. The van der Waals surface area contributed by atoms with Crippen LogP contribution in [0.15, 0.2) is 18.2 Å². The molecule has 2 aliphatic rings. The molecule has 1 aromatic carbocycles. The maximum absolute atomic E-state index is 12.5. The van der Waals surface area contributed by atoms with Crippen LogP contribution in [0, 0.1) is 0 Å². The second-order valence-corrected chi connectivity index (χ2v) is 6.96. The van der Waals surface area contributed by atoms with Crippen molar-refractivity contribution in [2.75, 3.05) is 19.7 Å². The molecule has 14 heteroatoms. The first-order valence-corrected chi connectivity index (χ1v) is 9.24. The summed E-state index contributed by atoms with van der Waals surface area (Å²) in [5.41, 5.74) is 6.11. The lowest BCUT2D eigenvalue weighted by molar-refractivity contribution is -0.122. The Morgan fingerprint density at radius 3 is 2.64 bits per heavy atom. The van der Waals surface area contributed by atoms with E-state index in [0.29, 0.717) is 16.2 Å². The van der Waals surface area contributed by atoms with Crippen molar-refractivity contribution in [1.29, 1.82) is 0 Å². The summed E-state index contributed by atoms with van der Waals surface area (Å²) in [5, 5.41) is 11.1. The van der Waals surface area contributed by atoms with Gasteiger partial charge in [-0.3, -0.25) is 9.35 Å². The van der Waals surface area contributed by atoms with Crippen molar-refractivity contribution in [3.05, 3.63) is 29.3 Å². The Balaban J connectivity index is 1.92. The monoisotopic (exact) mass is 416 g/mol. The van der Waals surface area contributed by atoms with Gasteiger partial charge in [-0.1, -0.05) is 6.07 Å². The fourth-order valence-electron chi connectivity index (χ4n) is 3.21. The second-order valence-electron chi connectivity index (χ2n) is 5.95. The molecule has 1 aromatic rings. The van der Waals surface area contributed by atoms with Crippen molar-refractivity contribution >= 4 is 28.4 Å². The van der Waals surface area contributed by atoms with Crippen LogP contribution < -0.4 is 15.8 Å². The number of hydrogen-bond donors (Lipinski definition) is 4. The third kappa shape index (κ3) is 3.78. The first-order chi connectivity index (χ1) is 13.1. The number of nitrogens with two attached hydrogens (primary N) is 1. The van der Waals surface area contributed by atoms with E-state index in [1.165, 1.54) is 18.2 Å². The Labute approximate surface area is 158 Å². The maximum Gasteiger partial charge on any atom is 0.418 e. The van der Waals surface area contributed by atoms with Gasteiger partial charge in [0.1, 0.15) is 24.4 Å². The number of ether oxygens (including phenoxy) is 1. The second kappa shape index (κ2) is 7.14. The van der Waals surface area contributed by atoms with Gasteiger partial charge in [-0.2, -0.15) is 13.5 Å². The highest BCUT2D eigenvalue weighted by Crippen LogP contribution is 2.45. The van der Waals surface area contributed by atoms with Crippen LogP contribution in [0.2, 0.25) is 0 Å². The summed E-state index contributed by atoms with van der Waals surface area (Å²) in [4.78, 5) is 35.8. The number of hydroxylamine groups is 2. The molecule has 0 spiro atoms. The Kier molecular flexibility index (Phi) is 5.01. The molecule has 0 aliphatic carbocycles. The van der Waals surface area contributed by atoms with Crippen LogP contribution in [0.25, 0.3) is 0 Å². The van der Waals surface area contributed by atoms with Crippen molar-refractivity contribution < 1.29 is 41.5 Å². The number of benzene rings is 1. The number of primary amides is 1. The van der Waals surface area contributed by atoms with Crippen molar-refractivity contribution in [2.24, 2.45) is 5.73 Å². The van der Waals surface area contributed by atoms with E-state index >= 15 is 0 Å². The average molecular weight is 416 g/mol. The van der Waals surface area contributed by atoms with Gasteiger partial charge < -0.3 is 25.8 Å². The number of carboxylic acid groups (broad SMARTS) is 1. The van der Waals surface area contributed by atoms with Crippen molar-refractivity contribution in [1.82, 2.24) is 15.3 Å². The summed E-state index contributed by atoms with van der Waals surface area (Å²) in [6.45, 7) is -0.0751. The number of nitrogens with zero attached hydrogens (tertiary/aromatic N) is 2. The van der Waals surface area contributed by atoms with Gasteiger partial charge in [-0.25, -0.2) is 9.59 Å². The first-order valence-electron chi connectivity index (χ1n) is 7.88. The number of carbonyl (C=O) groups excluding carboxylic acids is 2. The van der Waals surface area contributed by atoms with Crippen LogP contribution in [0.4, 0.5) is 9.59 Å². The minimum atomic E-state index is -4.99. The van der Waals surface area contributed by atoms with Crippen LogP contribution in [-0.4, -0.2) is 65.8 Å². The zero-order chi connectivity index (χ0) is 20.6. The van der Waals surface area contributed by atoms with Gasteiger partial charge in [0, 0.05) is 0 Å². The van der Waals surface area contributed by atoms with Gasteiger partial charge in [-0.05, 0) is 23.3 Å². The molecule has 2 atom stereocenters. The van der Waals surface area contributed by atoms with Crippen LogP contribution >= 0.6 is 0 Å². The molecule has 2 heterocycles. The quantitative estimate of drug-likeness (QED) is 0.332. The van der Waals surface area contributed by atoms with E-state index in [9.17, 15) is 22.8 Å². The molecule has 2 aliphatic heterocycles. The highest BCUT2D eigenvalue weighted by atomic mass is 32.3. The first kappa shape index (κ1) is 19.7. The number of carbonyl (C=O) groups is 3. The molecule has 152 valence electrons. The number of amides is 4. The lowest BCUT2D eigenvalue weighted by atomic mass is 9.90. The summed E-state index contributed by atoms with van der Waals surface area (Å²) in [5.74, 6) is -0.546. The van der Waals surface area contributed by atoms with Gasteiger partial charge in [0.05, 0.1) is 13.1 Å². The fourth-order valence-corrected chi connectivity index (χ4v) is 3.58. The molecule has 4 amide bonds. The highest BCUT2D eigenvalue weighted by molar-refractivity contribution is 7.80. The molecule has 0 aromatic heterocycles. The summed E-state index contributed by atoms with van der Waals surface area (Å²) in [6, 6.07) is 1.41. The molecule has 0 saturated carbocycles. The van der Waals surface area contributed by atoms with Gasteiger partial charge >= 0.3 is 22.5 Å². The molecule has 28 heavy (non-hydrogen) atoms. The molecule has 1 fully saturated rings. The molecule has 2 unspecified atom stereocenters. The zero-order valence-electron chi connectivity index (χ0n) is 14.1. The number of fused-ring (bicyclic) bond motifs is 4. The van der Waals surface area contributed by atoms with E-state index in [1.54, 1.807) is 0 Å². The topological polar surface area (TPSA) is 189 Å². The standard InChI is InChI=1S/C14H16N4O9S/c15-12(19)11-8-2-1-7(26-4-3-16-13(20)21)5-9(8)10-6-17(11)14(22)18(10)27-28(23,24)25/h1-2,5,10-11,16H,3-4,6H2,(H2,15,19)(H,20,21)(H,23,24,25). The molecule has 3 rings (SSSR count). The van der Waals surface area contributed by atoms with Gasteiger partial charge in [-0.15, -0.1) is 4.28 Å². The predicted molar refractivity (Wildman–Crippen MR) is 89.2 cm³/mol. The average Bonchev–Trinajstić information content (AvgIpc) is 2.84. The van der Waals surface area contributed by atoms with E-state index in [1.807, 2.05) is 0 Å². The van der Waals surface area contributed by atoms with Crippen molar-refractivity contribution in [3.63, 3.8) is 0 Å². The Morgan fingerprint density at radius 2 is 2.04 bits per heavy atom. The smallest absolute Gasteiger partial charge is 0.418 e. The van der Waals surface area contributed by atoms with Gasteiger partial charge in [0.25, 0.3) is 0 Å². The summed E-state index contributed by atoms with van der Waals surface area (Å²) < 4.78 is 40.9. The molecular formula is C14H16N4O9S. The third-order valence-corrected chi connectivity index (χ3v) is 4.55. The summed E-state index contributed by atoms with van der Waals surface area (Å²) in [7, 11) is -4.99. The lowest BCUT2D eigenvalue weighted by Crippen LogP contribution is -2.41. The van der Waals surface area contributed by atoms with Gasteiger partial charge in [0.2, 0.25) is 5.91 Å². The highest BCUT2D eigenvalue weighted by Gasteiger charge is 2.51. The predicted octanol–water partition coefficient (Wildman–Crippen LogP) is -0.614. The zero-order valence-corrected chi connectivity index (χ0v) is 15.0. The van der Waals surface area contributed by atoms with Crippen LogP contribution in [0.1, 0.15) is 23.2 Å². The van der Waals surface area contributed by atoms with E-state index in [4.69, 9.17) is 20.1 Å². The molecule has 2 bridgehead atoms. The third-order valence-electron chi connectivity index (χ3n) is 4.20. The molecular weight excluding hydrogens is 400 g/mol. The minimum absolute atomic E-state index is 0.00525. The molecule has 0 radical (unpaired) electrons. The van der Waals surface area contributed by atoms with Crippen molar-refractivity contribution in [3.8, 4) is 5.75 Å². The molecule has 5 N–H and O–H groups in total. The van der Waals surface area contributed by atoms with E-state index < -0.39 is 40.5 Å². The fraction of sp³-hybridized carbons (Fsp3) is 0.357. The minimum Gasteiger partial charge on any atom is -0.492 e. The van der Waals surface area contributed by atoms with Crippen LogP contribution in [0.3, 0.4) is 0 Å². The Morgan fingerprint density at radius 1 is 1.32 bits per heavy atom. The largest absolute Gasteiger partial charge is 0.492 e. The number of nitrogens with one attached hydrogen (secondary N) is 1.